The van der Waals surface area contributed by atoms with Crippen LogP contribution in [0.5, 0.6) is 0 Å². The third-order valence-corrected chi connectivity index (χ3v) is 3.84. The van der Waals surface area contributed by atoms with Crippen molar-refractivity contribution in [2.75, 3.05) is 6.54 Å². The van der Waals surface area contributed by atoms with Crippen molar-refractivity contribution in [1.82, 2.24) is 10.3 Å². The zero-order chi connectivity index (χ0) is 14.5. The fourth-order valence-corrected chi connectivity index (χ4v) is 2.45. The summed E-state index contributed by atoms with van der Waals surface area (Å²) in [7, 11) is 0. The van der Waals surface area contributed by atoms with E-state index >= 15 is 0 Å². The molecule has 0 aliphatic heterocycles. The van der Waals surface area contributed by atoms with Crippen LogP contribution in [0.1, 0.15) is 41.8 Å². The predicted molar refractivity (Wildman–Crippen MR) is 85.3 cm³/mol. The lowest BCUT2D eigenvalue weighted by Gasteiger charge is -2.20. The number of nitrogens with zero attached hydrogens (tertiary/aromatic N) is 1. The number of rotatable bonds is 5. The van der Waals surface area contributed by atoms with Crippen LogP contribution in [0.4, 0.5) is 0 Å². The Kier molecular flexibility index (Phi) is 5.16. The standard InChI is InChI=1S/C17H21ClN2/c1-4-9-19-16(17-15(18)6-5-10-20-17)14-8-7-12(2)13(3)11-14/h5-8,10-11,16,19H,4,9H2,1-3H3. The molecule has 0 saturated heterocycles. The SMILES string of the molecule is CCCNC(c1ccc(C)c(C)c1)c1ncccc1Cl. The molecule has 1 unspecified atom stereocenters. The molecule has 0 saturated carbocycles. The van der Waals surface area contributed by atoms with Crippen molar-refractivity contribution in [2.45, 2.75) is 33.2 Å². The van der Waals surface area contributed by atoms with E-state index in [4.69, 9.17) is 11.6 Å². The molecule has 1 N–H and O–H groups in total. The van der Waals surface area contributed by atoms with E-state index in [0.29, 0.717) is 5.02 Å². The molecule has 0 spiro atoms. The first kappa shape index (κ1) is 15.0. The summed E-state index contributed by atoms with van der Waals surface area (Å²) in [5, 5.41) is 4.25. The van der Waals surface area contributed by atoms with Gasteiger partial charge in [0, 0.05) is 6.20 Å². The van der Waals surface area contributed by atoms with Crippen LogP contribution in [-0.2, 0) is 0 Å². The molecule has 2 nitrogen and oxygen atoms in total. The van der Waals surface area contributed by atoms with Gasteiger partial charge in [0.15, 0.2) is 0 Å². The van der Waals surface area contributed by atoms with Crippen LogP contribution in [0.25, 0.3) is 0 Å². The molecule has 2 aromatic rings. The summed E-state index contributed by atoms with van der Waals surface area (Å²) in [6, 6.07) is 10.3. The Bertz CT molecular complexity index is 581. The molecular weight excluding hydrogens is 268 g/mol. The maximum absolute atomic E-state index is 6.32. The Balaban J connectivity index is 2.41. The van der Waals surface area contributed by atoms with Crippen molar-refractivity contribution in [3.8, 4) is 0 Å². The molecular formula is C17H21ClN2. The zero-order valence-corrected chi connectivity index (χ0v) is 13.0. The minimum atomic E-state index is 0.0444. The Morgan fingerprint density at radius 3 is 2.65 bits per heavy atom. The fourth-order valence-electron chi connectivity index (χ4n) is 2.22. The van der Waals surface area contributed by atoms with Gasteiger partial charge >= 0.3 is 0 Å². The van der Waals surface area contributed by atoms with E-state index in [0.717, 1.165) is 18.7 Å². The normalized spacial score (nSPS) is 12.4. The molecule has 1 atom stereocenters. The Morgan fingerprint density at radius 1 is 1.20 bits per heavy atom. The third-order valence-electron chi connectivity index (χ3n) is 3.52. The van der Waals surface area contributed by atoms with Crippen LogP contribution in [0, 0.1) is 13.8 Å². The van der Waals surface area contributed by atoms with Gasteiger partial charge in [-0.15, -0.1) is 0 Å². The molecule has 106 valence electrons. The second-order valence-corrected chi connectivity index (χ2v) is 5.51. The van der Waals surface area contributed by atoms with E-state index in [1.165, 1.54) is 16.7 Å². The molecule has 1 heterocycles. The smallest absolute Gasteiger partial charge is 0.0804 e. The lowest BCUT2D eigenvalue weighted by atomic mass is 9.98. The molecule has 0 aliphatic rings. The first-order chi connectivity index (χ1) is 9.63. The highest BCUT2D eigenvalue weighted by atomic mass is 35.5. The number of nitrogens with one attached hydrogen (secondary N) is 1. The van der Waals surface area contributed by atoms with E-state index in [1.54, 1.807) is 6.20 Å². The summed E-state index contributed by atoms with van der Waals surface area (Å²) < 4.78 is 0. The maximum Gasteiger partial charge on any atom is 0.0804 e. The van der Waals surface area contributed by atoms with E-state index < -0.39 is 0 Å². The molecule has 3 heteroatoms. The molecule has 0 radical (unpaired) electrons. The van der Waals surface area contributed by atoms with Gasteiger partial charge in [-0.2, -0.15) is 0 Å². The van der Waals surface area contributed by atoms with E-state index in [1.807, 2.05) is 12.1 Å². The largest absolute Gasteiger partial charge is 0.305 e. The predicted octanol–water partition coefficient (Wildman–Crippen LogP) is 4.44. The number of halogens is 1. The van der Waals surface area contributed by atoms with Crippen LogP contribution >= 0.6 is 11.6 Å². The Labute approximate surface area is 126 Å². The van der Waals surface area contributed by atoms with Gasteiger partial charge in [0.05, 0.1) is 16.8 Å². The molecule has 1 aromatic heterocycles. The van der Waals surface area contributed by atoms with Gasteiger partial charge in [0.25, 0.3) is 0 Å². The number of benzene rings is 1. The monoisotopic (exact) mass is 288 g/mol. The second-order valence-electron chi connectivity index (χ2n) is 5.10. The molecule has 0 fully saturated rings. The van der Waals surface area contributed by atoms with Gasteiger partial charge in [-0.25, -0.2) is 0 Å². The average molecular weight is 289 g/mol. The van der Waals surface area contributed by atoms with E-state index in [-0.39, 0.29) is 6.04 Å². The summed E-state index contributed by atoms with van der Waals surface area (Å²) in [6.07, 6.45) is 2.87. The molecule has 0 aliphatic carbocycles. The van der Waals surface area contributed by atoms with E-state index in [2.05, 4.69) is 49.3 Å². The summed E-state index contributed by atoms with van der Waals surface area (Å²) in [4.78, 5) is 4.47. The first-order valence-electron chi connectivity index (χ1n) is 7.04. The Morgan fingerprint density at radius 2 is 2.00 bits per heavy atom. The van der Waals surface area contributed by atoms with E-state index in [9.17, 15) is 0 Å². The van der Waals surface area contributed by atoms with Crippen LogP contribution in [-0.4, -0.2) is 11.5 Å². The van der Waals surface area contributed by atoms with Gasteiger partial charge in [-0.05, 0) is 55.6 Å². The van der Waals surface area contributed by atoms with Crippen LogP contribution in [0.3, 0.4) is 0 Å². The quantitative estimate of drug-likeness (QED) is 0.880. The minimum Gasteiger partial charge on any atom is -0.305 e. The number of hydrogen-bond donors (Lipinski definition) is 1. The van der Waals surface area contributed by atoms with Crippen molar-refractivity contribution in [2.24, 2.45) is 0 Å². The lowest BCUT2D eigenvalue weighted by Crippen LogP contribution is -2.24. The number of aryl methyl sites for hydroxylation is 2. The first-order valence-corrected chi connectivity index (χ1v) is 7.42. The van der Waals surface area contributed by atoms with Crippen molar-refractivity contribution >= 4 is 11.6 Å². The van der Waals surface area contributed by atoms with Crippen LogP contribution < -0.4 is 5.32 Å². The van der Waals surface area contributed by atoms with Crippen molar-refractivity contribution in [1.29, 1.82) is 0 Å². The molecule has 1 aromatic carbocycles. The van der Waals surface area contributed by atoms with Crippen molar-refractivity contribution in [3.63, 3.8) is 0 Å². The van der Waals surface area contributed by atoms with Gasteiger partial charge in [0.1, 0.15) is 0 Å². The van der Waals surface area contributed by atoms with Crippen LogP contribution in [0.2, 0.25) is 5.02 Å². The number of pyridine rings is 1. The average Bonchev–Trinajstić information content (AvgIpc) is 2.44. The second kappa shape index (κ2) is 6.87. The van der Waals surface area contributed by atoms with Gasteiger partial charge in [-0.3, -0.25) is 4.98 Å². The molecule has 2 rings (SSSR count). The molecule has 0 bridgehead atoms. The number of aromatic nitrogens is 1. The third kappa shape index (κ3) is 3.38. The topological polar surface area (TPSA) is 24.9 Å². The summed E-state index contributed by atoms with van der Waals surface area (Å²) >= 11 is 6.32. The fraction of sp³-hybridized carbons (Fsp3) is 0.353. The molecule has 0 amide bonds. The summed E-state index contributed by atoms with van der Waals surface area (Å²) in [5.74, 6) is 0. The van der Waals surface area contributed by atoms with Gasteiger partial charge < -0.3 is 5.32 Å². The highest BCUT2D eigenvalue weighted by Gasteiger charge is 2.17. The van der Waals surface area contributed by atoms with Gasteiger partial charge in [0.2, 0.25) is 0 Å². The van der Waals surface area contributed by atoms with Crippen LogP contribution in [0.15, 0.2) is 36.5 Å². The highest BCUT2D eigenvalue weighted by molar-refractivity contribution is 6.31. The summed E-state index contributed by atoms with van der Waals surface area (Å²) in [6.45, 7) is 7.35. The summed E-state index contributed by atoms with van der Waals surface area (Å²) in [5.41, 5.74) is 4.70. The van der Waals surface area contributed by atoms with Gasteiger partial charge in [-0.1, -0.05) is 36.7 Å². The lowest BCUT2D eigenvalue weighted by molar-refractivity contribution is 0.586. The zero-order valence-electron chi connectivity index (χ0n) is 12.3. The van der Waals surface area contributed by atoms with Crippen molar-refractivity contribution in [3.05, 3.63) is 63.9 Å². The maximum atomic E-state index is 6.32. The molecule has 20 heavy (non-hydrogen) atoms. The minimum absolute atomic E-state index is 0.0444. The number of hydrogen-bond acceptors (Lipinski definition) is 2. The van der Waals surface area contributed by atoms with Crippen molar-refractivity contribution < 1.29 is 0 Å². The highest BCUT2D eigenvalue weighted by Crippen LogP contribution is 2.27. The Hall–Kier alpha value is -1.38.